The van der Waals surface area contributed by atoms with Crippen molar-refractivity contribution in [3.63, 3.8) is 0 Å². The number of hydrogen-bond acceptors (Lipinski definition) is 5. The molecule has 0 radical (unpaired) electrons. The summed E-state index contributed by atoms with van der Waals surface area (Å²) in [6.07, 6.45) is 0.0149. The van der Waals surface area contributed by atoms with E-state index in [1.54, 1.807) is 37.3 Å². The van der Waals surface area contributed by atoms with Crippen LogP contribution in [0.15, 0.2) is 51.8 Å². The summed E-state index contributed by atoms with van der Waals surface area (Å²) < 4.78 is 32.1. The minimum absolute atomic E-state index is 0.00730. The van der Waals surface area contributed by atoms with E-state index in [1.165, 1.54) is 12.1 Å². The molecule has 0 fully saturated rings. The number of nitrogens with zero attached hydrogens (tertiary/aromatic N) is 1. The zero-order valence-corrected chi connectivity index (χ0v) is 15.3. The van der Waals surface area contributed by atoms with Crippen molar-refractivity contribution in [3.8, 4) is 0 Å². The average Bonchev–Trinajstić information content (AvgIpc) is 2.94. The Balaban J connectivity index is 1.55. The van der Waals surface area contributed by atoms with E-state index in [0.29, 0.717) is 22.7 Å². The maximum Gasteiger partial charge on any atom is 0.240 e. The zero-order valence-electron chi connectivity index (χ0n) is 14.4. The molecule has 26 heavy (non-hydrogen) atoms. The number of benzene rings is 2. The smallest absolute Gasteiger partial charge is 0.240 e. The number of nitrogens with one attached hydrogen (secondary N) is 2. The molecule has 3 rings (SSSR count). The number of aryl methyl sites for hydroxylation is 2. The number of hydrogen-bond donors (Lipinski definition) is 2. The molecule has 1 aromatic heterocycles. The first kappa shape index (κ1) is 18.1. The second-order valence-corrected chi connectivity index (χ2v) is 7.69. The molecule has 0 aliphatic rings. The first-order valence-corrected chi connectivity index (χ1v) is 9.55. The van der Waals surface area contributed by atoms with Crippen LogP contribution in [-0.4, -0.2) is 25.9 Å². The Morgan fingerprint density at radius 2 is 1.85 bits per heavy atom. The van der Waals surface area contributed by atoms with Crippen LogP contribution in [0.1, 0.15) is 17.9 Å². The van der Waals surface area contributed by atoms with Crippen LogP contribution in [0.25, 0.3) is 11.1 Å². The Morgan fingerprint density at radius 3 is 2.58 bits per heavy atom. The van der Waals surface area contributed by atoms with Gasteiger partial charge in [0.05, 0.1) is 4.90 Å². The molecule has 0 spiro atoms. The molecule has 0 unspecified atom stereocenters. The molecular weight excluding hydrogens is 354 g/mol. The van der Waals surface area contributed by atoms with Gasteiger partial charge in [-0.2, -0.15) is 0 Å². The van der Waals surface area contributed by atoms with Gasteiger partial charge in [-0.05, 0) is 37.3 Å². The van der Waals surface area contributed by atoms with E-state index in [2.05, 4.69) is 15.0 Å². The van der Waals surface area contributed by atoms with E-state index in [-0.39, 0.29) is 23.8 Å². The van der Waals surface area contributed by atoms with E-state index in [0.717, 1.165) is 5.56 Å². The minimum atomic E-state index is -3.62. The van der Waals surface area contributed by atoms with Crippen LogP contribution in [0.4, 0.5) is 5.69 Å². The third kappa shape index (κ3) is 4.27. The zero-order chi connectivity index (χ0) is 18.7. The van der Waals surface area contributed by atoms with Gasteiger partial charge >= 0.3 is 0 Å². The Hall–Kier alpha value is -2.71. The minimum Gasteiger partial charge on any atom is -0.441 e. The number of amides is 1. The highest BCUT2D eigenvalue weighted by Gasteiger charge is 2.14. The Morgan fingerprint density at radius 1 is 1.12 bits per heavy atom. The van der Waals surface area contributed by atoms with E-state index in [9.17, 15) is 13.2 Å². The molecule has 0 saturated heterocycles. The third-order valence-electron chi connectivity index (χ3n) is 3.75. The highest BCUT2D eigenvalue weighted by atomic mass is 32.2. The van der Waals surface area contributed by atoms with Crippen molar-refractivity contribution in [1.82, 2.24) is 9.71 Å². The fourth-order valence-electron chi connectivity index (χ4n) is 2.44. The van der Waals surface area contributed by atoms with Gasteiger partial charge in [0.1, 0.15) is 5.52 Å². The monoisotopic (exact) mass is 373 g/mol. The summed E-state index contributed by atoms with van der Waals surface area (Å²) in [4.78, 5) is 16.4. The molecule has 0 atom stereocenters. The van der Waals surface area contributed by atoms with Gasteiger partial charge in [-0.3, -0.25) is 4.79 Å². The fourth-order valence-corrected chi connectivity index (χ4v) is 3.48. The van der Waals surface area contributed by atoms with Crippen LogP contribution in [-0.2, 0) is 14.8 Å². The molecular formula is C18H19N3O4S. The number of carbonyl (C=O) groups is 1. The molecule has 0 bridgehead atoms. The molecule has 2 aromatic carbocycles. The summed E-state index contributed by atoms with van der Waals surface area (Å²) in [5, 5.41) is 2.72. The number of carbonyl (C=O) groups excluding carboxylic acids is 1. The standard InChI is InChI=1S/C18H19N3O4S/c1-12-3-6-15(7-4-12)26(23,24)19-10-9-18(22)21-14-5-8-17-16(11-14)20-13(2)25-17/h3-8,11,19H,9-10H2,1-2H3,(H,21,22). The van der Waals surface area contributed by atoms with E-state index in [4.69, 9.17) is 4.42 Å². The number of rotatable bonds is 6. The average molecular weight is 373 g/mol. The second kappa shape index (κ2) is 7.27. The van der Waals surface area contributed by atoms with Gasteiger partial charge in [0.2, 0.25) is 15.9 Å². The normalized spacial score (nSPS) is 11.6. The number of anilines is 1. The molecule has 136 valence electrons. The van der Waals surface area contributed by atoms with Gasteiger partial charge in [0.15, 0.2) is 11.5 Å². The van der Waals surface area contributed by atoms with Crippen LogP contribution in [0, 0.1) is 13.8 Å². The molecule has 2 N–H and O–H groups in total. The topological polar surface area (TPSA) is 101 Å². The molecule has 7 nitrogen and oxygen atoms in total. The molecule has 1 heterocycles. The van der Waals surface area contributed by atoms with E-state index < -0.39 is 10.0 Å². The maximum absolute atomic E-state index is 12.2. The highest BCUT2D eigenvalue weighted by molar-refractivity contribution is 7.89. The molecule has 3 aromatic rings. The molecule has 0 saturated carbocycles. The van der Waals surface area contributed by atoms with Gasteiger partial charge in [0, 0.05) is 25.6 Å². The quantitative estimate of drug-likeness (QED) is 0.692. The van der Waals surface area contributed by atoms with Crippen molar-refractivity contribution < 1.29 is 17.6 Å². The maximum atomic E-state index is 12.2. The Kier molecular flexibility index (Phi) is 5.06. The molecule has 0 aliphatic carbocycles. The van der Waals surface area contributed by atoms with E-state index in [1.807, 2.05) is 6.92 Å². The predicted molar refractivity (Wildman–Crippen MR) is 98.4 cm³/mol. The summed E-state index contributed by atoms with van der Waals surface area (Å²) in [5.74, 6) is 0.255. The van der Waals surface area contributed by atoms with Crippen LogP contribution >= 0.6 is 0 Å². The van der Waals surface area contributed by atoms with Crippen molar-refractivity contribution in [3.05, 3.63) is 53.9 Å². The van der Waals surface area contributed by atoms with Crippen LogP contribution in [0.5, 0.6) is 0 Å². The first-order chi connectivity index (χ1) is 12.3. The summed E-state index contributed by atoms with van der Waals surface area (Å²) in [7, 11) is -3.62. The number of aromatic nitrogens is 1. The largest absolute Gasteiger partial charge is 0.441 e. The fraction of sp³-hybridized carbons (Fsp3) is 0.222. The van der Waals surface area contributed by atoms with Gasteiger partial charge in [-0.15, -0.1) is 0 Å². The summed E-state index contributed by atoms with van der Waals surface area (Å²) in [6.45, 7) is 3.64. The lowest BCUT2D eigenvalue weighted by Gasteiger charge is -2.08. The molecule has 1 amide bonds. The third-order valence-corrected chi connectivity index (χ3v) is 5.23. The van der Waals surface area contributed by atoms with Crippen molar-refractivity contribution in [2.45, 2.75) is 25.2 Å². The molecule has 8 heteroatoms. The lowest BCUT2D eigenvalue weighted by Crippen LogP contribution is -2.27. The second-order valence-electron chi connectivity index (χ2n) is 5.92. The molecule has 0 aliphatic heterocycles. The first-order valence-electron chi connectivity index (χ1n) is 8.07. The van der Waals surface area contributed by atoms with E-state index >= 15 is 0 Å². The lowest BCUT2D eigenvalue weighted by atomic mass is 10.2. The number of oxazole rings is 1. The van der Waals surface area contributed by atoms with Crippen LogP contribution in [0.3, 0.4) is 0 Å². The Labute approximate surface area is 151 Å². The SMILES string of the molecule is Cc1ccc(S(=O)(=O)NCCC(=O)Nc2ccc3oc(C)nc3c2)cc1. The number of fused-ring (bicyclic) bond motifs is 1. The Bertz CT molecular complexity index is 1040. The highest BCUT2D eigenvalue weighted by Crippen LogP contribution is 2.19. The summed E-state index contributed by atoms with van der Waals surface area (Å²) in [5.41, 5.74) is 2.85. The van der Waals surface area contributed by atoms with Crippen LogP contribution < -0.4 is 10.0 Å². The predicted octanol–water partition coefficient (Wildman–Crippen LogP) is 2.75. The van der Waals surface area contributed by atoms with Crippen molar-refractivity contribution in [2.24, 2.45) is 0 Å². The number of sulfonamides is 1. The lowest BCUT2D eigenvalue weighted by molar-refractivity contribution is -0.116. The summed E-state index contributed by atoms with van der Waals surface area (Å²) >= 11 is 0. The summed E-state index contributed by atoms with van der Waals surface area (Å²) in [6, 6.07) is 11.7. The van der Waals surface area contributed by atoms with Crippen molar-refractivity contribution in [2.75, 3.05) is 11.9 Å². The van der Waals surface area contributed by atoms with Gasteiger partial charge in [-0.25, -0.2) is 18.1 Å². The van der Waals surface area contributed by atoms with Crippen LogP contribution in [0.2, 0.25) is 0 Å². The van der Waals surface area contributed by atoms with Crippen molar-refractivity contribution in [1.29, 1.82) is 0 Å². The van der Waals surface area contributed by atoms with Gasteiger partial charge in [0.25, 0.3) is 0 Å². The van der Waals surface area contributed by atoms with Gasteiger partial charge in [-0.1, -0.05) is 17.7 Å². The van der Waals surface area contributed by atoms with Crippen molar-refractivity contribution >= 4 is 32.7 Å². The van der Waals surface area contributed by atoms with Gasteiger partial charge < -0.3 is 9.73 Å².